The van der Waals surface area contributed by atoms with Gasteiger partial charge in [-0.05, 0) is 18.6 Å². The zero-order valence-corrected chi connectivity index (χ0v) is 17.1. The zero-order valence-electron chi connectivity index (χ0n) is 17.1. The second-order valence-electron chi connectivity index (χ2n) is 7.69. The molecule has 2 bridgehead atoms. The lowest BCUT2D eigenvalue weighted by Gasteiger charge is -2.35. The lowest BCUT2D eigenvalue weighted by Crippen LogP contribution is -2.48. The fourth-order valence-corrected chi connectivity index (χ4v) is 4.70. The van der Waals surface area contributed by atoms with Crippen LogP contribution in [0.15, 0.2) is 47.8 Å². The molecule has 1 aromatic rings. The summed E-state index contributed by atoms with van der Waals surface area (Å²) in [7, 11) is 3.33. The third-order valence-electron chi connectivity index (χ3n) is 5.89. The van der Waals surface area contributed by atoms with E-state index < -0.39 is 5.60 Å². The lowest BCUT2D eigenvalue weighted by atomic mass is 9.82. The molecule has 0 unspecified atom stereocenters. The molecule has 3 atom stereocenters. The van der Waals surface area contributed by atoms with E-state index >= 15 is 0 Å². The highest BCUT2D eigenvalue weighted by molar-refractivity contribution is 5.89. The molecule has 0 aromatic carbocycles. The first-order chi connectivity index (χ1) is 14.1. The predicted octanol–water partition coefficient (Wildman–Crippen LogP) is 2.46. The SMILES string of the molecule is CCC[C@H](C(OC)OC)N1C[C@]23C[C@H]1C=C(C#Cc1cccnc1)C2=CC(=O)O3. The Hall–Kier alpha value is -2.46. The van der Waals surface area contributed by atoms with Crippen LogP contribution in [0.25, 0.3) is 0 Å². The summed E-state index contributed by atoms with van der Waals surface area (Å²) >= 11 is 0. The third kappa shape index (κ3) is 3.62. The standard InChI is InChI=1S/C23H26N2O4/c1-4-6-20(22(27-2)28-3)25-15-23-13-18(25)11-17(19(23)12-21(26)29-23)9-8-16-7-5-10-24-14-16/h5,7,10-12,14,18,20,22H,4,6,13,15H2,1-3H3/t18-,20-,23-/m1/s1. The van der Waals surface area contributed by atoms with Crippen LogP contribution in [-0.4, -0.2) is 60.6 Å². The van der Waals surface area contributed by atoms with Crippen LogP contribution in [0, 0.1) is 11.8 Å². The van der Waals surface area contributed by atoms with Crippen molar-refractivity contribution in [3.8, 4) is 11.8 Å². The predicted molar refractivity (Wildman–Crippen MR) is 108 cm³/mol. The Morgan fingerprint density at radius 1 is 1.38 bits per heavy atom. The van der Waals surface area contributed by atoms with Crippen molar-refractivity contribution in [3.05, 3.63) is 53.4 Å². The molecule has 0 amide bonds. The monoisotopic (exact) mass is 394 g/mol. The topological polar surface area (TPSA) is 60.9 Å². The Balaban J connectivity index is 1.70. The molecular formula is C23H26N2O4. The average Bonchev–Trinajstić information content (AvgIpc) is 3.22. The minimum absolute atomic E-state index is 0.0711. The van der Waals surface area contributed by atoms with E-state index in [1.165, 1.54) is 0 Å². The summed E-state index contributed by atoms with van der Waals surface area (Å²) < 4.78 is 17.0. The molecule has 0 N–H and O–H groups in total. The normalized spacial score (nSPS) is 26.3. The number of hydrogen-bond donors (Lipinski definition) is 0. The van der Waals surface area contributed by atoms with Crippen molar-refractivity contribution >= 4 is 5.97 Å². The van der Waals surface area contributed by atoms with Crippen LogP contribution in [0.3, 0.4) is 0 Å². The molecule has 0 radical (unpaired) electrons. The third-order valence-corrected chi connectivity index (χ3v) is 5.89. The van der Waals surface area contributed by atoms with Crippen molar-refractivity contribution < 1.29 is 19.0 Å². The average molecular weight is 394 g/mol. The molecule has 1 aliphatic carbocycles. The molecule has 1 spiro atoms. The minimum Gasteiger partial charge on any atom is -0.449 e. The van der Waals surface area contributed by atoms with Gasteiger partial charge in [0, 0.05) is 68.4 Å². The van der Waals surface area contributed by atoms with Crippen LogP contribution in [0.5, 0.6) is 0 Å². The lowest BCUT2D eigenvalue weighted by molar-refractivity contribution is -0.153. The summed E-state index contributed by atoms with van der Waals surface area (Å²) in [6.07, 6.45) is 9.55. The fourth-order valence-electron chi connectivity index (χ4n) is 4.70. The number of esters is 1. The fraction of sp³-hybridized carbons (Fsp3) is 0.478. The quantitative estimate of drug-likeness (QED) is 0.420. The van der Waals surface area contributed by atoms with Gasteiger partial charge in [0.2, 0.25) is 0 Å². The number of likely N-dealkylation sites (tertiary alicyclic amines) is 1. The second kappa shape index (κ2) is 8.11. The van der Waals surface area contributed by atoms with E-state index in [-0.39, 0.29) is 24.3 Å². The van der Waals surface area contributed by atoms with Crippen LogP contribution in [-0.2, 0) is 19.0 Å². The number of fused-ring (bicyclic) bond motifs is 1. The molecule has 1 fully saturated rings. The van der Waals surface area contributed by atoms with Crippen LogP contribution in [0.4, 0.5) is 0 Å². The summed E-state index contributed by atoms with van der Waals surface area (Å²) in [6.45, 7) is 2.77. The molecule has 0 saturated carbocycles. The minimum atomic E-state index is -0.631. The van der Waals surface area contributed by atoms with Crippen LogP contribution < -0.4 is 0 Å². The molecule has 6 heteroatoms. The molecule has 3 heterocycles. The summed E-state index contributed by atoms with van der Waals surface area (Å²) in [5.74, 6) is 6.13. The maximum atomic E-state index is 12.2. The van der Waals surface area contributed by atoms with E-state index in [0.717, 1.165) is 36.0 Å². The van der Waals surface area contributed by atoms with E-state index in [2.05, 4.69) is 34.7 Å². The Labute approximate surface area is 171 Å². The van der Waals surface area contributed by atoms with Crippen molar-refractivity contribution in [1.29, 1.82) is 0 Å². The van der Waals surface area contributed by atoms with Crippen LogP contribution in [0.2, 0.25) is 0 Å². The smallest absolute Gasteiger partial charge is 0.332 e. The molecule has 3 aliphatic rings. The molecule has 1 saturated heterocycles. The molecule has 6 nitrogen and oxygen atoms in total. The molecule has 1 aromatic heterocycles. The summed E-state index contributed by atoms with van der Waals surface area (Å²) in [4.78, 5) is 18.7. The van der Waals surface area contributed by atoms with Gasteiger partial charge in [-0.3, -0.25) is 9.88 Å². The van der Waals surface area contributed by atoms with Gasteiger partial charge in [-0.1, -0.05) is 31.3 Å². The highest BCUT2D eigenvalue weighted by atomic mass is 16.7. The number of methoxy groups -OCH3 is 2. The van der Waals surface area contributed by atoms with Crippen molar-refractivity contribution in [3.63, 3.8) is 0 Å². The highest BCUT2D eigenvalue weighted by Crippen LogP contribution is 2.48. The van der Waals surface area contributed by atoms with Gasteiger partial charge in [0.15, 0.2) is 11.9 Å². The molecular weight excluding hydrogens is 368 g/mol. The number of carbonyl (C=O) groups is 1. The van der Waals surface area contributed by atoms with Gasteiger partial charge in [0.25, 0.3) is 0 Å². The zero-order chi connectivity index (χ0) is 20.4. The van der Waals surface area contributed by atoms with E-state index in [9.17, 15) is 4.79 Å². The van der Waals surface area contributed by atoms with Crippen molar-refractivity contribution in [1.82, 2.24) is 9.88 Å². The number of rotatable bonds is 6. The van der Waals surface area contributed by atoms with Gasteiger partial charge in [0.05, 0.1) is 6.04 Å². The Morgan fingerprint density at radius 2 is 2.21 bits per heavy atom. The number of hydrogen-bond acceptors (Lipinski definition) is 6. The highest BCUT2D eigenvalue weighted by Gasteiger charge is 2.57. The van der Waals surface area contributed by atoms with Crippen molar-refractivity contribution in [2.75, 3.05) is 20.8 Å². The van der Waals surface area contributed by atoms with Gasteiger partial charge in [-0.25, -0.2) is 4.79 Å². The van der Waals surface area contributed by atoms with Gasteiger partial charge in [-0.2, -0.15) is 0 Å². The largest absolute Gasteiger partial charge is 0.449 e. The first-order valence-electron chi connectivity index (χ1n) is 10.0. The maximum absolute atomic E-state index is 12.2. The Kier molecular flexibility index (Phi) is 5.55. The van der Waals surface area contributed by atoms with Crippen LogP contribution in [0.1, 0.15) is 31.7 Å². The summed E-state index contributed by atoms with van der Waals surface area (Å²) in [5.41, 5.74) is 1.96. The van der Waals surface area contributed by atoms with Gasteiger partial charge in [-0.15, -0.1) is 0 Å². The number of pyridine rings is 1. The van der Waals surface area contributed by atoms with Gasteiger partial charge >= 0.3 is 5.97 Å². The van der Waals surface area contributed by atoms with E-state index in [1.807, 2.05) is 12.1 Å². The first kappa shape index (κ1) is 19.8. The van der Waals surface area contributed by atoms with Crippen LogP contribution >= 0.6 is 0 Å². The Bertz CT molecular complexity index is 894. The summed E-state index contributed by atoms with van der Waals surface area (Å²) in [5, 5.41) is 0. The molecule has 2 aliphatic heterocycles. The van der Waals surface area contributed by atoms with Gasteiger partial charge < -0.3 is 14.2 Å². The van der Waals surface area contributed by atoms with Gasteiger partial charge in [0.1, 0.15) is 0 Å². The first-order valence-corrected chi connectivity index (χ1v) is 10.0. The molecule has 152 valence electrons. The number of carbonyl (C=O) groups excluding carboxylic acids is 1. The van der Waals surface area contributed by atoms with E-state index in [4.69, 9.17) is 14.2 Å². The van der Waals surface area contributed by atoms with E-state index in [1.54, 1.807) is 32.7 Å². The number of nitrogens with zero attached hydrogens (tertiary/aromatic N) is 2. The molecule has 4 rings (SSSR count). The summed E-state index contributed by atoms with van der Waals surface area (Å²) in [6, 6.07) is 3.96. The van der Waals surface area contributed by atoms with Crippen molar-refractivity contribution in [2.45, 2.75) is 50.2 Å². The molecule has 29 heavy (non-hydrogen) atoms. The Morgan fingerprint density at radius 3 is 2.90 bits per heavy atom. The number of aromatic nitrogens is 1. The second-order valence-corrected chi connectivity index (χ2v) is 7.69. The van der Waals surface area contributed by atoms with Crippen molar-refractivity contribution in [2.24, 2.45) is 0 Å². The number of ether oxygens (including phenoxy) is 3. The maximum Gasteiger partial charge on any atom is 0.332 e. The van der Waals surface area contributed by atoms with E-state index in [0.29, 0.717) is 6.54 Å².